The Balaban J connectivity index is 1.41. The van der Waals surface area contributed by atoms with E-state index in [0.29, 0.717) is 5.78 Å². The Morgan fingerprint density at radius 2 is 2.04 bits per heavy atom. The van der Waals surface area contributed by atoms with Gasteiger partial charge in [-0.2, -0.15) is 0 Å². The van der Waals surface area contributed by atoms with Crippen LogP contribution in [-0.2, 0) is 11.3 Å². The van der Waals surface area contributed by atoms with Crippen molar-refractivity contribution < 1.29 is 4.79 Å². The minimum atomic E-state index is -0.0225. The van der Waals surface area contributed by atoms with Gasteiger partial charge in [0.1, 0.15) is 17.3 Å². The first-order chi connectivity index (χ1) is 12.7. The zero-order valence-electron chi connectivity index (χ0n) is 14.5. The lowest BCUT2D eigenvalue weighted by Crippen LogP contribution is -2.32. The van der Waals surface area contributed by atoms with Crippen molar-refractivity contribution in [3.63, 3.8) is 0 Å². The molecule has 0 bridgehead atoms. The van der Waals surface area contributed by atoms with Crippen LogP contribution in [-0.4, -0.2) is 28.0 Å². The number of ketones is 1. The second-order valence-corrected chi connectivity index (χ2v) is 7.39. The standard InChI is InChI=1S/C22H19N3O/c26-20-14-22(20)9-8-21-24-19-13-16(5-7-18-3-1-2-11-23-18)4-6-17(19)15-25(21)12-10-22/h1-4,6,11,13H,8-10,12,14-15H2. The number of rotatable bonds is 0. The maximum absolute atomic E-state index is 11.8. The third kappa shape index (κ3) is 2.70. The van der Waals surface area contributed by atoms with Crippen molar-refractivity contribution in [2.24, 2.45) is 10.4 Å². The number of pyridine rings is 1. The minimum absolute atomic E-state index is 0.0225. The topological polar surface area (TPSA) is 45.6 Å². The summed E-state index contributed by atoms with van der Waals surface area (Å²) in [4.78, 5) is 23.3. The molecule has 2 aliphatic heterocycles. The molecule has 0 radical (unpaired) electrons. The van der Waals surface area contributed by atoms with E-state index in [0.717, 1.165) is 61.6 Å². The van der Waals surface area contributed by atoms with Crippen molar-refractivity contribution in [1.82, 2.24) is 9.88 Å². The second-order valence-electron chi connectivity index (χ2n) is 7.39. The van der Waals surface area contributed by atoms with Crippen LogP contribution < -0.4 is 0 Å². The van der Waals surface area contributed by atoms with Crippen molar-refractivity contribution >= 4 is 17.3 Å². The Morgan fingerprint density at radius 3 is 2.85 bits per heavy atom. The highest BCUT2D eigenvalue weighted by atomic mass is 16.1. The molecule has 3 heterocycles. The number of aliphatic imine (C=N–C) groups is 1. The molecule has 1 spiro atoms. The highest BCUT2D eigenvalue weighted by molar-refractivity contribution is 6.01. The first kappa shape index (κ1) is 15.3. The van der Waals surface area contributed by atoms with Crippen LogP contribution in [0.25, 0.3) is 0 Å². The number of aromatic nitrogens is 1. The summed E-state index contributed by atoms with van der Waals surface area (Å²) in [5.41, 5.74) is 3.95. The van der Waals surface area contributed by atoms with Gasteiger partial charge in [0, 0.05) is 43.1 Å². The predicted octanol–water partition coefficient (Wildman–Crippen LogP) is 3.47. The van der Waals surface area contributed by atoms with Crippen LogP contribution in [0.4, 0.5) is 5.69 Å². The number of carbonyl (C=O) groups excluding carboxylic acids is 1. The molecule has 0 amide bonds. The predicted molar refractivity (Wildman–Crippen MR) is 100 cm³/mol. The third-order valence-electron chi connectivity index (χ3n) is 5.71. The van der Waals surface area contributed by atoms with E-state index in [1.54, 1.807) is 6.20 Å². The fraction of sp³-hybridized carbons (Fsp3) is 0.318. The fourth-order valence-electron chi connectivity index (χ4n) is 3.92. The molecule has 3 aliphatic rings. The van der Waals surface area contributed by atoms with E-state index in [1.807, 2.05) is 18.2 Å². The van der Waals surface area contributed by atoms with Gasteiger partial charge in [0.25, 0.3) is 0 Å². The third-order valence-corrected chi connectivity index (χ3v) is 5.71. The van der Waals surface area contributed by atoms with Crippen molar-refractivity contribution in [1.29, 1.82) is 0 Å². The van der Waals surface area contributed by atoms with Crippen molar-refractivity contribution in [3.05, 3.63) is 59.4 Å². The summed E-state index contributed by atoms with van der Waals surface area (Å²) in [6.07, 6.45) is 5.35. The van der Waals surface area contributed by atoms with Crippen LogP contribution in [0.5, 0.6) is 0 Å². The van der Waals surface area contributed by atoms with Gasteiger partial charge in [-0.05, 0) is 48.6 Å². The number of hydrogen-bond donors (Lipinski definition) is 0. The molecule has 26 heavy (non-hydrogen) atoms. The Bertz CT molecular complexity index is 983. The van der Waals surface area contributed by atoms with Crippen LogP contribution >= 0.6 is 0 Å². The zero-order chi connectivity index (χ0) is 17.6. The summed E-state index contributed by atoms with van der Waals surface area (Å²) >= 11 is 0. The van der Waals surface area contributed by atoms with Gasteiger partial charge in [-0.1, -0.05) is 18.1 Å². The summed E-state index contributed by atoms with van der Waals surface area (Å²) in [7, 11) is 0. The normalized spacial score (nSPS) is 23.3. The van der Waals surface area contributed by atoms with E-state index in [-0.39, 0.29) is 5.41 Å². The van der Waals surface area contributed by atoms with Crippen LogP contribution in [0.1, 0.15) is 42.5 Å². The van der Waals surface area contributed by atoms with Crippen LogP contribution in [0.2, 0.25) is 0 Å². The lowest BCUT2D eigenvalue weighted by molar-refractivity contribution is -0.113. The molecule has 1 saturated heterocycles. The summed E-state index contributed by atoms with van der Waals surface area (Å²) in [6, 6.07) is 12.0. The molecule has 1 aliphatic carbocycles. The maximum Gasteiger partial charge on any atom is 0.140 e. The SMILES string of the molecule is O=C1CC12CCC1=Nc3cc(C#Cc4ccccn4)ccc3CN1CC2. The monoisotopic (exact) mass is 341 g/mol. The van der Waals surface area contributed by atoms with E-state index < -0.39 is 0 Å². The molecular formula is C22H19N3O. The molecular weight excluding hydrogens is 322 g/mol. The molecule has 2 aromatic rings. The smallest absolute Gasteiger partial charge is 0.140 e. The molecule has 4 heteroatoms. The Labute approximate surface area is 153 Å². The van der Waals surface area contributed by atoms with Crippen molar-refractivity contribution in [2.75, 3.05) is 6.54 Å². The maximum atomic E-state index is 11.8. The van der Waals surface area contributed by atoms with Gasteiger partial charge in [-0.25, -0.2) is 9.98 Å². The van der Waals surface area contributed by atoms with Gasteiger partial charge in [0.2, 0.25) is 0 Å². The molecule has 1 atom stereocenters. The van der Waals surface area contributed by atoms with E-state index >= 15 is 0 Å². The Kier molecular flexibility index (Phi) is 3.43. The van der Waals surface area contributed by atoms with Gasteiger partial charge in [0.05, 0.1) is 5.69 Å². The number of hydrogen-bond acceptors (Lipinski definition) is 4. The number of nitrogens with zero attached hydrogens (tertiary/aromatic N) is 3. The quantitative estimate of drug-likeness (QED) is 0.689. The molecule has 1 aromatic heterocycles. The van der Waals surface area contributed by atoms with Crippen LogP contribution in [0.15, 0.2) is 47.6 Å². The molecule has 5 rings (SSSR count). The molecule has 128 valence electrons. The Hall–Kier alpha value is -2.93. The highest BCUT2D eigenvalue weighted by Crippen LogP contribution is 2.50. The van der Waals surface area contributed by atoms with Crippen molar-refractivity contribution in [3.8, 4) is 11.8 Å². The summed E-state index contributed by atoms with van der Waals surface area (Å²) in [5, 5.41) is 0. The lowest BCUT2D eigenvalue weighted by atomic mass is 9.97. The highest BCUT2D eigenvalue weighted by Gasteiger charge is 2.53. The summed E-state index contributed by atoms with van der Waals surface area (Å²) in [5.74, 6) is 7.86. The molecule has 1 saturated carbocycles. The first-order valence-corrected chi connectivity index (χ1v) is 9.14. The largest absolute Gasteiger partial charge is 0.356 e. The van der Waals surface area contributed by atoms with E-state index in [2.05, 4.69) is 39.9 Å². The summed E-state index contributed by atoms with van der Waals surface area (Å²) in [6.45, 7) is 1.82. The van der Waals surface area contributed by atoms with Crippen molar-refractivity contribution in [2.45, 2.75) is 32.2 Å². The van der Waals surface area contributed by atoms with Gasteiger partial charge in [-0.15, -0.1) is 0 Å². The average Bonchev–Trinajstić information content (AvgIpc) is 3.37. The molecule has 4 nitrogen and oxygen atoms in total. The van der Waals surface area contributed by atoms with Crippen LogP contribution in [0.3, 0.4) is 0 Å². The van der Waals surface area contributed by atoms with Gasteiger partial charge in [0.15, 0.2) is 0 Å². The number of benzene rings is 1. The number of amidine groups is 1. The van der Waals surface area contributed by atoms with E-state index in [4.69, 9.17) is 4.99 Å². The van der Waals surface area contributed by atoms with Gasteiger partial charge in [-0.3, -0.25) is 4.79 Å². The summed E-state index contributed by atoms with van der Waals surface area (Å²) < 4.78 is 0. The van der Waals surface area contributed by atoms with Gasteiger partial charge < -0.3 is 4.90 Å². The molecule has 1 unspecified atom stereocenters. The fourth-order valence-corrected chi connectivity index (χ4v) is 3.92. The van der Waals surface area contributed by atoms with Crippen LogP contribution in [0, 0.1) is 17.3 Å². The molecule has 2 fully saturated rings. The number of Topliss-reactive ketones (excluding diaryl/α,β-unsaturated/α-hetero) is 1. The number of carbonyl (C=O) groups is 1. The lowest BCUT2D eigenvalue weighted by Gasteiger charge is -2.29. The Morgan fingerprint density at radius 1 is 1.12 bits per heavy atom. The molecule has 0 N–H and O–H groups in total. The zero-order valence-corrected chi connectivity index (χ0v) is 14.5. The number of fused-ring (bicyclic) bond motifs is 2. The first-order valence-electron chi connectivity index (χ1n) is 9.14. The average molecular weight is 341 g/mol. The molecule has 1 aromatic carbocycles. The van der Waals surface area contributed by atoms with Gasteiger partial charge >= 0.3 is 0 Å². The minimum Gasteiger partial charge on any atom is -0.356 e. The van der Waals surface area contributed by atoms with E-state index in [1.165, 1.54) is 5.56 Å². The van der Waals surface area contributed by atoms with E-state index in [9.17, 15) is 4.79 Å². The second kappa shape index (κ2) is 5.81.